The van der Waals surface area contributed by atoms with Gasteiger partial charge in [0.25, 0.3) is 0 Å². The second-order valence-corrected chi connectivity index (χ2v) is 14.3. The number of hydrogen-bond donors (Lipinski definition) is 0. The average molecular weight is 527 g/mol. The Labute approximate surface area is 228 Å². The van der Waals surface area contributed by atoms with E-state index in [1.807, 2.05) is 83.1 Å². The quantitative estimate of drug-likeness (QED) is 0.210. The predicted octanol–water partition coefficient (Wildman–Crippen LogP) is 6.65. The number of Topliss-reactive ketones (excluding diaryl/α,β-unsaturated/α-hetero) is 4. The van der Waals surface area contributed by atoms with Crippen molar-refractivity contribution in [2.75, 3.05) is 13.2 Å². The molecule has 0 bridgehead atoms. The van der Waals surface area contributed by atoms with E-state index >= 15 is 0 Å². The van der Waals surface area contributed by atoms with Gasteiger partial charge in [0.1, 0.15) is 11.5 Å². The molecule has 38 heavy (non-hydrogen) atoms. The molecule has 0 radical (unpaired) electrons. The van der Waals surface area contributed by atoms with Crippen LogP contribution in [0.5, 0.6) is 0 Å². The highest BCUT2D eigenvalue weighted by molar-refractivity contribution is 6.51. The maximum absolute atomic E-state index is 13.0. The minimum atomic E-state index is -0.539. The summed E-state index contributed by atoms with van der Waals surface area (Å²) >= 11 is 0. The van der Waals surface area contributed by atoms with Crippen molar-refractivity contribution in [3.8, 4) is 0 Å². The number of carbonyl (C=O) groups excluding carboxylic acids is 4. The Hall–Kier alpha value is -2.76. The molecule has 2 rings (SSSR count). The second kappa shape index (κ2) is 10.8. The molecule has 0 aromatic carbocycles. The first-order valence-corrected chi connectivity index (χ1v) is 13.5. The van der Waals surface area contributed by atoms with Gasteiger partial charge in [-0.15, -0.1) is 0 Å². The fourth-order valence-electron chi connectivity index (χ4n) is 4.56. The van der Waals surface area contributed by atoms with Crippen LogP contribution in [0.2, 0.25) is 0 Å². The maximum Gasteiger partial charge on any atom is 0.233 e. The topological polar surface area (TPSA) is 86.7 Å². The molecule has 0 aromatic rings. The first-order valence-electron chi connectivity index (χ1n) is 13.5. The summed E-state index contributed by atoms with van der Waals surface area (Å²) in [5, 5.41) is 0. The van der Waals surface area contributed by atoms with Crippen LogP contribution in [-0.4, -0.2) is 36.3 Å². The average Bonchev–Trinajstić information content (AvgIpc) is 2.71. The maximum atomic E-state index is 13.0. The third-order valence-corrected chi connectivity index (χ3v) is 6.57. The van der Waals surface area contributed by atoms with Crippen molar-refractivity contribution in [1.29, 1.82) is 0 Å². The van der Waals surface area contributed by atoms with E-state index in [0.29, 0.717) is 59.9 Å². The second-order valence-electron chi connectivity index (χ2n) is 14.3. The zero-order valence-corrected chi connectivity index (χ0v) is 25.4. The molecule has 0 saturated heterocycles. The number of rotatable bonds is 7. The lowest BCUT2D eigenvalue weighted by Gasteiger charge is -2.31. The van der Waals surface area contributed by atoms with E-state index in [2.05, 4.69) is 0 Å². The van der Waals surface area contributed by atoms with Gasteiger partial charge in [-0.1, -0.05) is 83.1 Å². The number of ether oxygens (including phenoxy) is 2. The number of allylic oxidation sites excluding steroid dienone is 6. The summed E-state index contributed by atoms with van der Waals surface area (Å²) in [6, 6.07) is 0. The molecule has 0 unspecified atom stereocenters. The van der Waals surface area contributed by atoms with E-state index in [-0.39, 0.29) is 0 Å². The van der Waals surface area contributed by atoms with Crippen molar-refractivity contribution in [3.63, 3.8) is 0 Å². The molecule has 6 heteroatoms. The monoisotopic (exact) mass is 526 g/mol. The van der Waals surface area contributed by atoms with Crippen molar-refractivity contribution >= 4 is 23.1 Å². The molecule has 2 aliphatic rings. The standard InChI is InChI=1S/C32H46O6/c1-29(2,3)19-17-21(23(31(7,8)9)27(35)25(19)33)37-15-13-14-16-38-22-18-20(30(4,5)6)26(34)28(36)24(22)32(10,11)12/h17-18H,13-16H2,1-12H3. The Balaban J connectivity index is 2.17. The molecule has 0 N–H and O–H groups in total. The molecule has 210 valence electrons. The van der Waals surface area contributed by atoms with E-state index in [1.165, 1.54) is 0 Å². The van der Waals surface area contributed by atoms with Crippen molar-refractivity contribution in [2.45, 2.75) is 95.9 Å². The highest BCUT2D eigenvalue weighted by Gasteiger charge is 2.41. The van der Waals surface area contributed by atoms with E-state index in [1.54, 1.807) is 12.2 Å². The fraction of sp³-hybridized carbons (Fsp3) is 0.625. The summed E-state index contributed by atoms with van der Waals surface area (Å²) < 4.78 is 12.2. The third-order valence-electron chi connectivity index (χ3n) is 6.57. The van der Waals surface area contributed by atoms with Crippen LogP contribution in [0.4, 0.5) is 0 Å². The van der Waals surface area contributed by atoms with Crippen molar-refractivity contribution in [3.05, 3.63) is 46.0 Å². The van der Waals surface area contributed by atoms with Gasteiger partial charge in [0.05, 0.1) is 24.4 Å². The van der Waals surface area contributed by atoms with Gasteiger partial charge in [-0.3, -0.25) is 19.2 Å². The lowest BCUT2D eigenvalue weighted by Crippen LogP contribution is -2.34. The van der Waals surface area contributed by atoms with Crippen LogP contribution in [-0.2, 0) is 28.7 Å². The van der Waals surface area contributed by atoms with Gasteiger partial charge in [-0.25, -0.2) is 0 Å². The number of ketones is 4. The molecule has 0 heterocycles. The van der Waals surface area contributed by atoms with Crippen LogP contribution in [0.15, 0.2) is 46.0 Å². The summed E-state index contributed by atoms with van der Waals surface area (Å²) in [7, 11) is 0. The molecule has 0 amide bonds. The van der Waals surface area contributed by atoms with Crippen LogP contribution in [0.1, 0.15) is 95.9 Å². The zero-order chi connectivity index (χ0) is 29.4. The number of carbonyl (C=O) groups is 4. The molecule has 0 atom stereocenters. The van der Waals surface area contributed by atoms with E-state index in [4.69, 9.17) is 9.47 Å². The van der Waals surface area contributed by atoms with Crippen LogP contribution >= 0.6 is 0 Å². The highest BCUT2D eigenvalue weighted by atomic mass is 16.5. The van der Waals surface area contributed by atoms with Crippen molar-refractivity contribution in [1.82, 2.24) is 0 Å². The Morgan fingerprint density at radius 2 is 0.763 bits per heavy atom. The first-order chi connectivity index (χ1) is 17.1. The van der Waals surface area contributed by atoms with Gasteiger partial charge in [0.2, 0.25) is 23.1 Å². The smallest absolute Gasteiger partial charge is 0.233 e. The van der Waals surface area contributed by atoms with Crippen LogP contribution < -0.4 is 0 Å². The number of unbranched alkanes of at least 4 members (excludes halogenated alkanes) is 1. The van der Waals surface area contributed by atoms with Gasteiger partial charge in [-0.2, -0.15) is 0 Å². The molecular formula is C32H46O6. The summed E-state index contributed by atoms with van der Waals surface area (Å²) in [4.78, 5) is 51.6. The lowest BCUT2D eigenvalue weighted by molar-refractivity contribution is -0.133. The van der Waals surface area contributed by atoms with Crippen molar-refractivity contribution < 1.29 is 28.7 Å². The van der Waals surface area contributed by atoms with E-state index in [9.17, 15) is 19.2 Å². The van der Waals surface area contributed by atoms with Crippen LogP contribution in [0.25, 0.3) is 0 Å². The lowest BCUT2D eigenvalue weighted by atomic mass is 9.73. The third kappa shape index (κ3) is 7.00. The largest absolute Gasteiger partial charge is 0.493 e. The molecule has 6 nitrogen and oxygen atoms in total. The predicted molar refractivity (Wildman–Crippen MR) is 149 cm³/mol. The Bertz CT molecular complexity index is 1050. The van der Waals surface area contributed by atoms with Crippen LogP contribution in [0.3, 0.4) is 0 Å². The Morgan fingerprint density at radius 3 is 1.00 bits per heavy atom. The summed E-state index contributed by atoms with van der Waals surface area (Å²) in [6.07, 6.45) is 4.74. The fourth-order valence-corrected chi connectivity index (χ4v) is 4.56. The van der Waals surface area contributed by atoms with Crippen molar-refractivity contribution in [2.24, 2.45) is 21.7 Å². The highest BCUT2D eigenvalue weighted by Crippen LogP contribution is 2.40. The molecule has 0 spiro atoms. The number of hydrogen-bond acceptors (Lipinski definition) is 6. The van der Waals surface area contributed by atoms with Gasteiger partial charge in [0.15, 0.2) is 0 Å². The van der Waals surface area contributed by atoms with Crippen LogP contribution in [0, 0.1) is 21.7 Å². The zero-order valence-electron chi connectivity index (χ0n) is 25.4. The molecule has 0 fully saturated rings. The SMILES string of the molecule is CC(C)(C)C1=CC(OCCCCOC2=C(C(C)(C)C)C(=O)C(=O)C(C(C)(C)C)=C2)=C(C(C)(C)C)C(=O)C1=O. The molecule has 0 aromatic heterocycles. The first kappa shape index (κ1) is 31.5. The summed E-state index contributed by atoms with van der Waals surface area (Å²) in [5.41, 5.74) is -0.327. The molecular weight excluding hydrogens is 480 g/mol. The Kier molecular flexibility index (Phi) is 8.92. The van der Waals surface area contributed by atoms with Gasteiger partial charge in [-0.05, 0) is 46.7 Å². The van der Waals surface area contributed by atoms with E-state index < -0.39 is 44.8 Å². The minimum absolute atomic E-state index is 0.347. The summed E-state index contributed by atoms with van der Waals surface area (Å²) in [5.74, 6) is -1.01. The van der Waals surface area contributed by atoms with E-state index in [0.717, 1.165) is 0 Å². The molecule has 0 saturated carbocycles. The Morgan fingerprint density at radius 1 is 0.474 bits per heavy atom. The minimum Gasteiger partial charge on any atom is -0.493 e. The molecule has 0 aliphatic heterocycles. The normalized spacial score (nSPS) is 18.2. The molecule has 2 aliphatic carbocycles. The van der Waals surface area contributed by atoms with Gasteiger partial charge in [0, 0.05) is 11.1 Å². The summed E-state index contributed by atoms with van der Waals surface area (Å²) in [6.45, 7) is 23.5. The van der Waals surface area contributed by atoms with Gasteiger partial charge < -0.3 is 9.47 Å². The van der Waals surface area contributed by atoms with Gasteiger partial charge >= 0.3 is 0 Å².